The van der Waals surface area contributed by atoms with Gasteiger partial charge in [-0.1, -0.05) is 19.1 Å². The van der Waals surface area contributed by atoms with Crippen LogP contribution in [0.5, 0.6) is 5.75 Å². The summed E-state index contributed by atoms with van der Waals surface area (Å²) in [5, 5.41) is 2.89. The highest BCUT2D eigenvalue weighted by Crippen LogP contribution is 2.36. The molecule has 1 spiro atoms. The summed E-state index contributed by atoms with van der Waals surface area (Å²) >= 11 is 0. The van der Waals surface area contributed by atoms with Gasteiger partial charge in [-0.25, -0.2) is 4.79 Å². The number of hydrogen-bond donors (Lipinski definition) is 1. The lowest BCUT2D eigenvalue weighted by molar-refractivity contribution is -0.140. The number of nitrogens with zero attached hydrogens (tertiary/aromatic N) is 3. The normalized spacial score (nSPS) is 26.5. The summed E-state index contributed by atoms with van der Waals surface area (Å²) in [6.07, 6.45) is 3.16. The molecule has 1 aliphatic carbocycles. The Morgan fingerprint density at radius 1 is 1.09 bits per heavy atom. The first-order valence-corrected chi connectivity index (χ1v) is 11.8. The predicted octanol–water partition coefficient (Wildman–Crippen LogP) is 2.23. The van der Waals surface area contributed by atoms with Crippen molar-refractivity contribution in [2.45, 2.75) is 51.6 Å². The fraction of sp³-hybridized carbons (Fsp3) is 0.625. The van der Waals surface area contributed by atoms with E-state index in [1.165, 1.54) is 5.56 Å². The van der Waals surface area contributed by atoms with Gasteiger partial charge >= 0.3 is 6.03 Å². The van der Waals surface area contributed by atoms with Gasteiger partial charge in [-0.3, -0.25) is 19.4 Å². The third-order valence-corrected chi connectivity index (χ3v) is 7.03. The Labute approximate surface area is 189 Å². The molecule has 2 aliphatic heterocycles. The van der Waals surface area contributed by atoms with E-state index in [-0.39, 0.29) is 18.4 Å². The number of benzene rings is 1. The second-order valence-corrected chi connectivity index (χ2v) is 9.32. The van der Waals surface area contributed by atoms with Crippen LogP contribution in [0, 0.1) is 5.92 Å². The van der Waals surface area contributed by atoms with Crippen LogP contribution in [0.2, 0.25) is 0 Å². The van der Waals surface area contributed by atoms with Gasteiger partial charge in [-0.2, -0.15) is 0 Å². The van der Waals surface area contributed by atoms with E-state index in [1.807, 2.05) is 19.1 Å². The number of hydrogen-bond acceptors (Lipinski definition) is 5. The van der Waals surface area contributed by atoms with Gasteiger partial charge < -0.3 is 15.0 Å². The van der Waals surface area contributed by atoms with Crippen molar-refractivity contribution in [1.82, 2.24) is 20.0 Å². The zero-order valence-electron chi connectivity index (χ0n) is 19.1. The van der Waals surface area contributed by atoms with Crippen molar-refractivity contribution in [3.05, 3.63) is 29.8 Å². The second-order valence-electron chi connectivity index (χ2n) is 9.32. The highest BCUT2D eigenvalue weighted by Gasteiger charge is 2.52. The molecule has 174 valence electrons. The van der Waals surface area contributed by atoms with Gasteiger partial charge in [0.25, 0.3) is 5.91 Å². The lowest BCUT2D eigenvalue weighted by Crippen LogP contribution is -2.52. The summed E-state index contributed by atoms with van der Waals surface area (Å²) in [4.78, 5) is 43.5. The van der Waals surface area contributed by atoms with Crippen molar-refractivity contribution in [2.75, 3.05) is 39.3 Å². The maximum absolute atomic E-state index is 13.0. The number of nitrogens with one attached hydrogen (secondary N) is 1. The van der Waals surface area contributed by atoms with E-state index in [4.69, 9.17) is 4.74 Å². The molecule has 2 heterocycles. The zero-order chi connectivity index (χ0) is 22.7. The molecule has 1 aromatic carbocycles. The average Bonchev–Trinajstić information content (AvgIpc) is 3.02. The Morgan fingerprint density at radius 3 is 2.38 bits per heavy atom. The molecule has 8 heteroatoms. The average molecular weight is 443 g/mol. The topological polar surface area (TPSA) is 82.2 Å². The molecule has 1 N–H and O–H groups in total. The summed E-state index contributed by atoms with van der Waals surface area (Å²) < 4.78 is 5.49. The Bertz CT molecular complexity index is 840. The number of carbonyl (C=O) groups excluding carboxylic acids is 3. The molecule has 4 rings (SSSR count). The van der Waals surface area contributed by atoms with E-state index in [2.05, 4.69) is 29.3 Å². The Kier molecular flexibility index (Phi) is 6.69. The van der Waals surface area contributed by atoms with Gasteiger partial charge in [0.15, 0.2) is 0 Å². The summed E-state index contributed by atoms with van der Waals surface area (Å²) in [6, 6.07) is 7.68. The van der Waals surface area contributed by atoms with E-state index in [1.54, 1.807) is 4.90 Å². The SMILES string of the molecule is CCOc1ccc(CN2CCN(C(=O)CN3C(=O)NC4(CCC(C)CC4)C3=O)CC2)cc1. The molecular formula is C24H34N4O4. The third kappa shape index (κ3) is 4.75. The van der Waals surface area contributed by atoms with Crippen LogP contribution in [-0.2, 0) is 16.1 Å². The minimum Gasteiger partial charge on any atom is -0.494 e. The van der Waals surface area contributed by atoms with Crippen LogP contribution in [0.1, 0.15) is 45.1 Å². The van der Waals surface area contributed by atoms with Gasteiger partial charge in [-0.05, 0) is 56.2 Å². The molecule has 0 aromatic heterocycles. The molecule has 0 atom stereocenters. The molecule has 3 aliphatic rings. The van der Waals surface area contributed by atoms with E-state index in [0.29, 0.717) is 38.5 Å². The Morgan fingerprint density at radius 2 is 1.75 bits per heavy atom. The molecule has 2 saturated heterocycles. The number of ether oxygens (including phenoxy) is 1. The number of amides is 4. The molecule has 0 radical (unpaired) electrons. The van der Waals surface area contributed by atoms with Gasteiger partial charge in [-0.15, -0.1) is 0 Å². The second kappa shape index (κ2) is 9.48. The zero-order valence-corrected chi connectivity index (χ0v) is 19.1. The lowest BCUT2D eigenvalue weighted by atomic mass is 9.77. The number of urea groups is 1. The van der Waals surface area contributed by atoms with Crippen LogP contribution in [0.3, 0.4) is 0 Å². The van der Waals surface area contributed by atoms with Crippen molar-refractivity contribution in [2.24, 2.45) is 5.92 Å². The summed E-state index contributed by atoms with van der Waals surface area (Å²) in [6.45, 7) is 8.18. The number of piperazine rings is 1. The molecule has 0 bridgehead atoms. The predicted molar refractivity (Wildman–Crippen MR) is 120 cm³/mol. The van der Waals surface area contributed by atoms with E-state index < -0.39 is 11.6 Å². The van der Waals surface area contributed by atoms with Crippen molar-refractivity contribution in [3.8, 4) is 5.75 Å². The molecule has 3 fully saturated rings. The van der Waals surface area contributed by atoms with Crippen molar-refractivity contribution in [3.63, 3.8) is 0 Å². The number of imide groups is 1. The van der Waals surface area contributed by atoms with E-state index >= 15 is 0 Å². The molecule has 8 nitrogen and oxygen atoms in total. The van der Waals surface area contributed by atoms with Gasteiger partial charge in [0.2, 0.25) is 5.91 Å². The van der Waals surface area contributed by atoms with Crippen LogP contribution in [0.25, 0.3) is 0 Å². The van der Waals surface area contributed by atoms with Crippen molar-refractivity contribution < 1.29 is 19.1 Å². The number of rotatable bonds is 6. The van der Waals surface area contributed by atoms with Crippen LogP contribution < -0.4 is 10.1 Å². The molecule has 4 amide bonds. The Hall–Kier alpha value is -2.61. The van der Waals surface area contributed by atoms with Gasteiger partial charge in [0.1, 0.15) is 17.8 Å². The monoisotopic (exact) mass is 442 g/mol. The summed E-state index contributed by atoms with van der Waals surface area (Å²) in [7, 11) is 0. The van der Waals surface area contributed by atoms with Crippen LogP contribution >= 0.6 is 0 Å². The smallest absolute Gasteiger partial charge is 0.325 e. The quantitative estimate of drug-likeness (QED) is 0.684. The van der Waals surface area contributed by atoms with Crippen molar-refractivity contribution in [1.29, 1.82) is 0 Å². The maximum Gasteiger partial charge on any atom is 0.325 e. The highest BCUT2D eigenvalue weighted by molar-refractivity contribution is 6.09. The fourth-order valence-electron chi connectivity index (χ4n) is 4.92. The molecule has 32 heavy (non-hydrogen) atoms. The first-order chi connectivity index (χ1) is 15.4. The molecule has 1 aromatic rings. The maximum atomic E-state index is 13.0. The summed E-state index contributed by atoms with van der Waals surface area (Å²) in [5.74, 6) is 1.06. The van der Waals surface area contributed by atoms with Gasteiger partial charge in [0.05, 0.1) is 6.61 Å². The summed E-state index contributed by atoms with van der Waals surface area (Å²) in [5.41, 5.74) is 0.417. The molecule has 0 unspecified atom stereocenters. The highest BCUT2D eigenvalue weighted by atomic mass is 16.5. The molecular weight excluding hydrogens is 408 g/mol. The van der Waals surface area contributed by atoms with E-state index in [0.717, 1.165) is 43.1 Å². The fourth-order valence-corrected chi connectivity index (χ4v) is 4.92. The lowest BCUT2D eigenvalue weighted by Gasteiger charge is -2.35. The first kappa shape index (κ1) is 22.6. The number of carbonyl (C=O) groups is 3. The standard InChI is InChI=1S/C24H34N4O4/c1-3-32-20-6-4-19(5-7-20)16-26-12-14-27(15-13-26)21(29)17-28-22(30)24(25-23(28)31)10-8-18(2)9-11-24/h4-7,18H,3,8-17H2,1-2H3,(H,25,31). The van der Waals surface area contributed by atoms with Crippen LogP contribution in [0.15, 0.2) is 24.3 Å². The van der Waals surface area contributed by atoms with E-state index in [9.17, 15) is 14.4 Å². The Balaban J connectivity index is 1.26. The molecule has 1 saturated carbocycles. The third-order valence-electron chi connectivity index (χ3n) is 7.03. The van der Waals surface area contributed by atoms with Crippen LogP contribution in [0.4, 0.5) is 4.79 Å². The van der Waals surface area contributed by atoms with Crippen LogP contribution in [-0.4, -0.2) is 77.4 Å². The van der Waals surface area contributed by atoms with Crippen molar-refractivity contribution >= 4 is 17.8 Å². The first-order valence-electron chi connectivity index (χ1n) is 11.8. The minimum absolute atomic E-state index is 0.157. The van der Waals surface area contributed by atoms with Gasteiger partial charge in [0, 0.05) is 32.7 Å². The minimum atomic E-state index is -0.791. The largest absolute Gasteiger partial charge is 0.494 e.